The Hall–Kier alpha value is -1.39. The van der Waals surface area contributed by atoms with Crippen molar-refractivity contribution in [2.24, 2.45) is 0 Å². The van der Waals surface area contributed by atoms with Gasteiger partial charge in [0.05, 0.1) is 0 Å². The quantitative estimate of drug-likeness (QED) is 0.834. The summed E-state index contributed by atoms with van der Waals surface area (Å²) in [5, 5.41) is 3.31. The summed E-state index contributed by atoms with van der Waals surface area (Å²) in [7, 11) is 0. The molecule has 0 unspecified atom stereocenters. The SMILES string of the molecule is O=C(CCN(CCc1ccccc1)C1CCCC1)N1CCNCC1. The van der Waals surface area contributed by atoms with Crippen molar-refractivity contribution < 1.29 is 4.79 Å². The van der Waals surface area contributed by atoms with Crippen LogP contribution in [0.15, 0.2) is 30.3 Å². The van der Waals surface area contributed by atoms with Crippen molar-refractivity contribution in [3.63, 3.8) is 0 Å². The Morgan fingerprint density at radius 3 is 2.50 bits per heavy atom. The molecular formula is C20H31N3O. The highest BCUT2D eigenvalue weighted by molar-refractivity contribution is 5.76. The van der Waals surface area contributed by atoms with Crippen molar-refractivity contribution in [1.82, 2.24) is 15.1 Å². The van der Waals surface area contributed by atoms with Gasteiger partial charge < -0.3 is 10.2 Å². The largest absolute Gasteiger partial charge is 0.340 e. The molecule has 1 aromatic carbocycles. The first-order valence-electron chi connectivity index (χ1n) is 9.59. The van der Waals surface area contributed by atoms with Crippen LogP contribution in [0, 0.1) is 0 Å². The molecule has 0 radical (unpaired) electrons. The first kappa shape index (κ1) is 17.4. The number of nitrogens with one attached hydrogen (secondary N) is 1. The zero-order valence-corrected chi connectivity index (χ0v) is 14.8. The molecule has 1 N–H and O–H groups in total. The smallest absolute Gasteiger partial charge is 0.223 e. The molecule has 3 rings (SSSR count). The minimum absolute atomic E-state index is 0.333. The molecule has 0 atom stereocenters. The van der Waals surface area contributed by atoms with Gasteiger partial charge in [-0.3, -0.25) is 9.69 Å². The van der Waals surface area contributed by atoms with Crippen molar-refractivity contribution in [1.29, 1.82) is 0 Å². The minimum atomic E-state index is 0.333. The van der Waals surface area contributed by atoms with Gasteiger partial charge in [0.15, 0.2) is 0 Å². The third-order valence-corrected chi connectivity index (χ3v) is 5.45. The molecule has 4 nitrogen and oxygen atoms in total. The lowest BCUT2D eigenvalue weighted by molar-refractivity contribution is -0.132. The number of carbonyl (C=O) groups is 1. The highest BCUT2D eigenvalue weighted by atomic mass is 16.2. The van der Waals surface area contributed by atoms with E-state index < -0.39 is 0 Å². The summed E-state index contributed by atoms with van der Waals surface area (Å²) < 4.78 is 0. The van der Waals surface area contributed by atoms with Crippen molar-refractivity contribution >= 4 is 5.91 Å². The van der Waals surface area contributed by atoms with Crippen molar-refractivity contribution in [3.05, 3.63) is 35.9 Å². The highest BCUT2D eigenvalue weighted by Crippen LogP contribution is 2.24. The number of benzene rings is 1. The molecule has 2 fully saturated rings. The minimum Gasteiger partial charge on any atom is -0.340 e. The second kappa shape index (κ2) is 9.19. The molecular weight excluding hydrogens is 298 g/mol. The molecule has 1 saturated carbocycles. The molecule has 1 amide bonds. The monoisotopic (exact) mass is 329 g/mol. The van der Waals surface area contributed by atoms with Crippen LogP contribution >= 0.6 is 0 Å². The molecule has 2 aliphatic rings. The predicted octanol–water partition coefficient (Wildman–Crippen LogP) is 2.30. The van der Waals surface area contributed by atoms with Crippen LogP contribution in [-0.2, 0) is 11.2 Å². The second-order valence-corrected chi connectivity index (χ2v) is 7.09. The van der Waals surface area contributed by atoms with Gasteiger partial charge in [-0.1, -0.05) is 43.2 Å². The van der Waals surface area contributed by atoms with Crippen LogP contribution in [0.5, 0.6) is 0 Å². The molecule has 1 heterocycles. The Bertz CT molecular complexity index is 493. The zero-order valence-electron chi connectivity index (χ0n) is 14.8. The fraction of sp³-hybridized carbons (Fsp3) is 0.650. The lowest BCUT2D eigenvalue weighted by Crippen LogP contribution is -2.47. The van der Waals surface area contributed by atoms with Crippen molar-refractivity contribution in [2.75, 3.05) is 39.3 Å². The van der Waals surface area contributed by atoms with Crippen LogP contribution in [0.25, 0.3) is 0 Å². The van der Waals surface area contributed by atoms with Gasteiger partial charge in [-0.25, -0.2) is 0 Å². The highest BCUT2D eigenvalue weighted by Gasteiger charge is 2.24. The summed E-state index contributed by atoms with van der Waals surface area (Å²) in [6.45, 7) is 5.60. The number of nitrogens with zero attached hydrogens (tertiary/aromatic N) is 2. The lowest BCUT2D eigenvalue weighted by Gasteiger charge is -2.31. The molecule has 1 saturated heterocycles. The van der Waals surface area contributed by atoms with Gasteiger partial charge in [0.1, 0.15) is 0 Å². The topological polar surface area (TPSA) is 35.6 Å². The summed E-state index contributed by atoms with van der Waals surface area (Å²) in [5.74, 6) is 0.333. The molecule has 132 valence electrons. The van der Waals surface area contributed by atoms with Crippen LogP contribution < -0.4 is 5.32 Å². The standard InChI is InChI=1S/C20H31N3O/c24-20(23-16-12-21-13-17-23)11-15-22(19-8-4-5-9-19)14-10-18-6-2-1-3-7-18/h1-3,6-7,19,21H,4-5,8-17H2. The summed E-state index contributed by atoms with van der Waals surface area (Å²) in [6, 6.07) is 11.4. The molecule has 0 bridgehead atoms. The number of carbonyl (C=O) groups excluding carboxylic acids is 1. The van der Waals surface area contributed by atoms with Crippen LogP contribution in [-0.4, -0.2) is 61.0 Å². The summed E-state index contributed by atoms with van der Waals surface area (Å²) in [4.78, 5) is 17.1. The van der Waals surface area contributed by atoms with E-state index in [2.05, 4.69) is 40.5 Å². The number of amides is 1. The third-order valence-electron chi connectivity index (χ3n) is 5.45. The maximum absolute atomic E-state index is 12.5. The van der Waals surface area contributed by atoms with Crippen molar-refractivity contribution in [3.8, 4) is 0 Å². The molecule has 24 heavy (non-hydrogen) atoms. The average molecular weight is 329 g/mol. The van der Waals surface area contributed by atoms with E-state index >= 15 is 0 Å². The summed E-state index contributed by atoms with van der Waals surface area (Å²) >= 11 is 0. The van der Waals surface area contributed by atoms with Gasteiger partial charge in [-0.15, -0.1) is 0 Å². The molecule has 0 aromatic heterocycles. The fourth-order valence-electron chi connectivity index (χ4n) is 3.98. The van der Waals surface area contributed by atoms with E-state index in [1.54, 1.807) is 0 Å². The van der Waals surface area contributed by atoms with E-state index in [9.17, 15) is 4.79 Å². The Labute approximate surface area is 146 Å². The molecule has 1 aromatic rings. The zero-order chi connectivity index (χ0) is 16.6. The van der Waals surface area contributed by atoms with Gasteiger partial charge in [0.2, 0.25) is 5.91 Å². The molecule has 4 heteroatoms. The van der Waals surface area contributed by atoms with E-state index in [1.807, 2.05) is 4.90 Å². The number of hydrogen-bond donors (Lipinski definition) is 1. The van der Waals surface area contributed by atoms with Crippen LogP contribution in [0.1, 0.15) is 37.7 Å². The molecule has 1 aliphatic heterocycles. The second-order valence-electron chi connectivity index (χ2n) is 7.09. The predicted molar refractivity (Wildman–Crippen MR) is 98.0 cm³/mol. The number of rotatable bonds is 7. The normalized spacial score (nSPS) is 19.1. The molecule has 0 spiro atoms. The van der Waals surface area contributed by atoms with E-state index in [0.29, 0.717) is 18.4 Å². The maximum Gasteiger partial charge on any atom is 0.223 e. The van der Waals surface area contributed by atoms with E-state index in [1.165, 1.54) is 31.2 Å². The van der Waals surface area contributed by atoms with Gasteiger partial charge in [0.25, 0.3) is 0 Å². The van der Waals surface area contributed by atoms with Gasteiger partial charge in [-0.2, -0.15) is 0 Å². The number of piperazine rings is 1. The van der Waals surface area contributed by atoms with Gasteiger partial charge in [0, 0.05) is 51.7 Å². The fourth-order valence-corrected chi connectivity index (χ4v) is 3.98. The van der Waals surface area contributed by atoms with Gasteiger partial charge >= 0.3 is 0 Å². The first-order valence-corrected chi connectivity index (χ1v) is 9.59. The Morgan fingerprint density at radius 2 is 1.79 bits per heavy atom. The Kier molecular flexibility index (Phi) is 6.67. The Morgan fingerprint density at radius 1 is 1.08 bits per heavy atom. The summed E-state index contributed by atoms with van der Waals surface area (Å²) in [6.07, 6.45) is 7.05. The van der Waals surface area contributed by atoms with E-state index in [4.69, 9.17) is 0 Å². The lowest BCUT2D eigenvalue weighted by atomic mass is 10.1. The van der Waals surface area contributed by atoms with Crippen LogP contribution in [0.2, 0.25) is 0 Å². The maximum atomic E-state index is 12.5. The van der Waals surface area contributed by atoms with E-state index in [-0.39, 0.29) is 0 Å². The third kappa shape index (κ3) is 5.05. The van der Waals surface area contributed by atoms with E-state index in [0.717, 1.165) is 45.7 Å². The Balaban J connectivity index is 1.50. The van der Waals surface area contributed by atoms with Crippen molar-refractivity contribution in [2.45, 2.75) is 44.6 Å². The van der Waals surface area contributed by atoms with Crippen LogP contribution in [0.4, 0.5) is 0 Å². The summed E-state index contributed by atoms with van der Waals surface area (Å²) in [5.41, 5.74) is 1.40. The number of hydrogen-bond acceptors (Lipinski definition) is 3. The first-order chi connectivity index (χ1) is 11.8. The van der Waals surface area contributed by atoms with Crippen LogP contribution in [0.3, 0.4) is 0 Å². The molecule has 1 aliphatic carbocycles. The average Bonchev–Trinajstić information content (AvgIpc) is 3.17. The van der Waals surface area contributed by atoms with Gasteiger partial charge in [-0.05, 0) is 24.8 Å².